The van der Waals surface area contributed by atoms with Gasteiger partial charge in [-0.3, -0.25) is 0 Å². The first-order valence-electron chi connectivity index (χ1n) is 5.71. The van der Waals surface area contributed by atoms with Crippen molar-refractivity contribution in [2.45, 2.75) is 25.7 Å². The molecular formula is C13H18O8. The van der Waals surface area contributed by atoms with Crippen LogP contribution < -0.4 is 0 Å². The van der Waals surface area contributed by atoms with Gasteiger partial charge in [-0.15, -0.1) is 0 Å². The minimum Gasteiger partial charge on any atom is -0.478 e. The zero-order valence-electron chi connectivity index (χ0n) is 11.5. The van der Waals surface area contributed by atoms with Crippen molar-refractivity contribution in [2.24, 2.45) is 0 Å². The van der Waals surface area contributed by atoms with Gasteiger partial charge in [-0.25, -0.2) is 14.4 Å². The van der Waals surface area contributed by atoms with Crippen LogP contribution in [-0.2, 0) is 19.1 Å². The smallest absolute Gasteiger partial charge is 0.349 e. The number of aliphatic hydroxyl groups is 3. The first kappa shape index (κ1) is 21.0. The van der Waals surface area contributed by atoms with E-state index in [4.69, 9.17) is 20.4 Å². The highest BCUT2D eigenvalue weighted by Crippen LogP contribution is 2.14. The predicted octanol–water partition coefficient (Wildman–Crippen LogP) is -0.144. The number of carboxylic acids is 1. The number of carbonyl (C=O) groups excluding carboxylic acids is 2. The Morgan fingerprint density at radius 2 is 1.62 bits per heavy atom. The number of allylic oxidation sites excluding steroid dienone is 1. The monoisotopic (exact) mass is 302 g/mol. The molecule has 4 N–H and O–H groups in total. The van der Waals surface area contributed by atoms with Crippen molar-refractivity contribution in [3.05, 3.63) is 37.0 Å². The van der Waals surface area contributed by atoms with Gasteiger partial charge < -0.3 is 25.2 Å². The lowest BCUT2D eigenvalue weighted by molar-refractivity contribution is -0.282. The summed E-state index contributed by atoms with van der Waals surface area (Å²) in [5.41, 5.74) is -0.801. The third-order valence-electron chi connectivity index (χ3n) is 1.75. The van der Waals surface area contributed by atoms with Gasteiger partial charge in [-0.2, -0.15) is 0 Å². The predicted molar refractivity (Wildman–Crippen MR) is 71.5 cm³/mol. The Labute approximate surface area is 121 Å². The Bertz CT molecular complexity index is 428. The summed E-state index contributed by atoms with van der Waals surface area (Å²) in [7, 11) is 0. The normalized spacial score (nSPS) is 10.8. The molecule has 8 nitrogen and oxygen atoms in total. The number of unbranched alkanes of at least 4 members (excludes halogenated alkanes) is 1. The van der Waals surface area contributed by atoms with Crippen LogP contribution in [0.4, 0.5) is 0 Å². The molecule has 0 aromatic rings. The van der Waals surface area contributed by atoms with Gasteiger partial charge in [0, 0.05) is 12.2 Å². The number of carbonyl (C=O) groups is 3. The summed E-state index contributed by atoms with van der Waals surface area (Å²) in [6, 6.07) is 0. The van der Waals surface area contributed by atoms with Gasteiger partial charge in [0.25, 0.3) is 0 Å². The van der Waals surface area contributed by atoms with Gasteiger partial charge in [0.1, 0.15) is 5.57 Å². The maximum atomic E-state index is 11.2. The molecule has 0 spiro atoms. The fraction of sp³-hybridized carbons (Fsp3) is 0.308. The fourth-order valence-electron chi connectivity index (χ4n) is 0.834. The number of hydrogen-bond acceptors (Lipinski definition) is 7. The van der Waals surface area contributed by atoms with Crippen LogP contribution in [0.25, 0.3) is 0 Å². The van der Waals surface area contributed by atoms with E-state index in [-0.39, 0.29) is 0 Å². The van der Waals surface area contributed by atoms with E-state index in [1.165, 1.54) is 0 Å². The molecule has 0 aliphatic heterocycles. The van der Waals surface area contributed by atoms with Crippen molar-refractivity contribution in [2.75, 3.05) is 0 Å². The molecule has 0 rings (SSSR count). The van der Waals surface area contributed by atoms with Crippen LogP contribution in [0.3, 0.4) is 0 Å². The lowest BCUT2D eigenvalue weighted by atomic mass is 10.1. The molecule has 0 aromatic carbocycles. The minimum absolute atomic E-state index is 0.316. The largest absolute Gasteiger partial charge is 0.478 e. The fourth-order valence-corrected chi connectivity index (χ4v) is 0.834. The van der Waals surface area contributed by atoms with E-state index >= 15 is 0 Å². The van der Waals surface area contributed by atoms with Crippen molar-refractivity contribution >= 4 is 17.9 Å². The second-order valence-electron chi connectivity index (χ2n) is 3.50. The number of hydrogen-bond donors (Lipinski definition) is 4. The van der Waals surface area contributed by atoms with Crippen molar-refractivity contribution in [3.8, 4) is 0 Å². The van der Waals surface area contributed by atoms with Gasteiger partial charge in [0.2, 0.25) is 0 Å². The highest BCUT2D eigenvalue weighted by Gasteiger charge is 2.33. The summed E-state index contributed by atoms with van der Waals surface area (Å²) < 4.78 is 4.14. The SMILES string of the molecule is C=CC(=O)O.C=CC(=O)OC(=O)C(=CCCC)C(O)(O)O. The highest BCUT2D eigenvalue weighted by atomic mass is 16.7. The highest BCUT2D eigenvalue weighted by molar-refractivity contribution is 5.99. The molecule has 0 radical (unpaired) electrons. The zero-order valence-corrected chi connectivity index (χ0v) is 11.5. The Morgan fingerprint density at radius 3 is 1.90 bits per heavy atom. The van der Waals surface area contributed by atoms with E-state index in [0.29, 0.717) is 12.8 Å². The zero-order chi connectivity index (χ0) is 17.1. The van der Waals surface area contributed by atoms with Crippen LogP contribution in [0.2, 0.25) is 0 Å². The van der Waals surface area contributed by atoms with E-state index < -0.39 is 29.5 Å². The number of rotatable bonds is 6. The van der Waals surface area contributed by atoms with Crippen molar-refractivity contribution in [1.29, 1.82) is 0 Å². The molecule has 0 aromatic heterocycles. The van der Waals surface area contributed by atoms with Crippen LogP contribution in [-0.4, -0.2) is 44.3 Å². The number of aliphatic carboxylic acids is 1. The number of ether oxygens (including phenoxy) is 1. The molecule has 118 valence electrons. The summed E-state index contributed by atoms with van der Waals surface area (Å²) in [6.07, 6.45) is 3.58. The van der Waals surface area contributed by atoms with Crippen LogP contribution in [0.5, 0.6) is 0 Å². The van der Waals surface area contributed by atoms with E-state index in [9.17, 15) is 14.4 Å². The van der Waals surface area contributed by atoms with Crippen LogP contribution in [0.15, 0.2) is 37.0 Å². The quantitative estimate of drug-likeness (QED) is 0.230. The van der Waals surface area contributed by atoms with Crippen LogP contribution in [0, 0.1) is 0 Å². The topological polar surface area (TPSA) is 141 Å². The molecule has 8 heteroatoms. The van der Waals surface area contributed by atoms with Crippen LogP contribution in [0.1, 0.15) is 19.8 Å². The molecular weight excluding hydrogens is 284 g/mol. The van der Waals surface area contributed by atoms with Gasteiger partial charge in [-0.05, 0) is 6.42 Å². The van der Waals surface area contributed by atoms with Crippen LogP contribution >= 0.6 is 0 Å². The molecule has 0 fully saturated rings. The second-order valence-corrected chi connectivity index (χ2v) is 3.50. The molecule has 0 aliphatic carbocycles. The van der Waals surface area contributed by atoms with E-state index in [1.807, 2.05) is 0 Å². The van der Waals surface area contributed by atoms with Crippen molar-refractivity contribution < 1.29 is 39.5 Å². The summed E-state index contributed by atoms with van der Waals surface area (Å²) in [6.45, 7) is 7.80. The summed E-state index contributed by atoms with van der Waals surface area (Å²) in [5, 5.41) is 34.2. The number of carboxylic acid groups (broad SMARTS) is 1. The molecule has 0 saturated heterocycles. The third kappa shape index (κ3) is 11.3. The summed E-state index contributed by atoms with van der Waals surface area (Å²) >= 11 is 0. The Kier molecular flexibility index (Phi) is 10.5. The van der Waals surface area contributed by atoms with Gasteiger partial charge in [0.15, 0.2) is 0 Å². The van der Waals surface area contributed by atoms with E-state index in [1.54, 1.807) is 6.92 Å². The maximum absolute atomic E-state index is 11.2. The Balaban J connectivity index is 0. The average molecular weight is 302 g/mol. The minimum atomic E-state index is -3.33. The molecule has 0 atom stereocenters. The lowest BCUT2D eigenvalue weighted by Gasteiger charge is -2.16. The Morgan fingerprint density at radius 1 is 1.14 bits per heavy atom. The third-order valence-corrected chi connectivity index (χ3v) is 1.75. The Hall–Kier alpha value is -2.29. The van der Waals surface area contributed by atoms with Gasteiger partial charge in [-0.1, -0.05) is 32.6 Å². The van der Waals surface area contributed by atoms with E-state index in [0.717, 1.165) is 18.2 Å². The first-order valence-corrected chi connectivity index (χ1v) is 5.71. The standard InChI is InChI=1S/C10H14O6.C3H4O2/c1-3-5-6-7(10(13,14)15)9(12)16-8(11)4-2;1-2-3(4)5/h4,6,13-15H,2-3,5H2,1H3;2H,1H2,(H,4,5). The second kappa shape index (κ2) is 10.5. The molecule has 21 heavy (non-hydrogen) atoms. The lowest BCUT2D eigenvalue weighted by Crippen LogP contribution is -2.35. The van der Waals surface area contributed by atoms with Gasteiger partial charge >= 0.3 is 23.9 Å². The maximum Gasteiger partial charge on any atom is 0.349 e. The van der Waals surface area contributed by atoms with Crippen molar-refractivity contribution in [1.82, 2.24) is 0 Å². The van der Waals surface area contributed by atoms with Gasteiger partial charge in [0.05, 0.1) is 0 Å². The molecule has 0 bridgehead atoms. The molecule has 0 unspecified atom stereocenters. The van der Waals surface area contributed by atoms with E-state index in [2.05, 4.69) is 17.9 Å². The van der Waals surface area contributed by atoms with Crippen molar-refractivity contribution in [3.63, 3.8) is 0 Å². The molecule has 0 saturated carbocycles. The first-order chi connectivity index (χ1) is 9.59. The average Bonchev–Trinajstić information content (AvgIpc) is 2.38. The molecule has 0 amide bonds. The number of esters is 2. The summed E-state index contributed by atoms with van der Waals surface area (Å²) in [4.78, 5) is 31.2. The molecule has 0 aliphatic rings. The molecule has 0 heterocycles. The summed E-state index contributed by atoms with van der Waals surface area (Å²) in [5.74, 6) is -6.68.